The second kappa shape index (κ2) is 9.02. The minimum atomic E-state index is -4.66. The Morgan fingerprint density at radius 2 is 1.36 bits per heavy atom. The molecule has 1 unspecified atom stereocenters. The molecule has 136 valence electrons. The highest BCUT2D eigenvalue weighted by atomic mass is 19.4. The summed E-state index contributed by atoms with van der Waals surface area (Å²) in [4.78, 5) is 0. The molecule has 1 aliphatic carbocycles. The standard InChI is InChI=1S/C13H10.C8H14F4/c1-3-7-12-10(5-1)9-11-6-2-4-8-13(11)12;1-2-3-4-5-6-7(9)8(10,11)12/h1-8H,9H2;7H,2-6H2,1H3. The maximum Gasteiger partial charge on any atom is 0.419 e. The van der Waals surface area contributed by atoms with Gasteiger partial charge in [-0.3, -0.25) is 0 Å². The van der Waals surface area contributed by atoms with Crippen LogP contribution in [0, 0.1) is 0 Å². The summed E-state index contributed by atoms with van der Waals surface area (Å²) in [5.74, 6) is 0. The van der Waals surface area contributed by atoms with Crippen molar-refractivity contribution in [3.05, 3.63) is 59.7 Å². The molecule has 0 saturated carbocycles. The van der Waals surface area contributed by atoms with E-state index in [1.54, 1.807) is 0 Å². The number of alkyl halides is 4. The first-order valence-corrected chi connectivity index (χ1v) is 8.80. The molecule has 0 heterocycles. The first-order chi connectivity index (χ1) is 11.9. The lowest BCUT2D eigenvalue weighted by Gasteiger charge is -2.11. The van der Waals surface area contributed by atoms with Crippen molar-refractivity contribution in [3.8, 4) is 11.1 Å². The molecular formula is C21H24F4. The number of hydrogen-bond acceptors (Lipinski definition) is 0. The number of fused-ring (bicyclic) bond motifs is 3. The van der Waals surface area contributed by atoms with Gasteiger partial charge >= 0.3 is 6.18 Å². The Morgan fingerprint density at radius 1 is 0.840 bits per heavy atom. The molecule has 0 fully saturated rings. The van der Waals surface area contributed by atoms with Gasteiger partial charge in [0.05, 0.1) is 0 Å². The van der Waals surface area contributed by atoms with Crippen molar-refractivity contribution >= 4 is 0 Å². The number of unbranched alkanes of at least 4 members (excludes halogenated alkanes) is 3. The van der Waals surface area contributed by atoms with Crippen LogP contribution in [0.3, 0.4) is 0 Å². The van der Waals surface area contributed by atoms with Crippen LogP contribution in [0.5, 0.6) is 0 Å². The maximum absolute atomic E-state index is 12.2. The van der Waals surface area contributed by atoms with Crippen molar-refractivity contribution in [2.75, 3.05) is 0 Å². The van der Waals surface area contributed by atoms with E-state index in [-0.39, 0.29) is 6.42 Å². The van der Waals surface area contributed by atoms with E-state index in [0.29, 0.717) is 12.8 Å². The minimum absolute atomic E-state index is 0.328. The molecule has 0 aliphatic heterocycles. The van der Waals surface area contributed by atoms with Gasteiger partial charge in [-0.25, -0.2) is 4.39 Å². The topological polar surface area (TPSA) is 0 Å². The highest BCUT2D eigenvalue weighted by Crippen LogP contribution is 2.35. The van der Waals surface area contributed by atoms with Crippen LogP contribution in [0.2, 0.25) is 0 Å². The monoisotopic (exact) mass is 352 g/mol. The van der Waals surface area contributed by atoms with Crippen LogP contribution in [0.1, 0.15) is 50.2 Å². The van der Waals surface area contributed by atoms with Crippen molar-refractivity contribution < 1.29 is 17.6 Å². The zero-order valence-electron chi connectivity index (χ0n) is 14.5. The minimum Gasteiger partial charge on any atom is -0.237 e. The van der Waals surface area contributed by atoms with Gasteiger partial charge in [-0.1, -0.05) is 81.1 Å². The second-order valence-corrected chi connectivity index (χ2v) is 6.35. The van der Waals surface area contributed by atoms with Crippen LogP contribution in [0.15, 0.2) is 48.5 Å². The number of rotatable bonds is 5. The fraction of sp³-hybridized carbons (Fsp3) is 0.429. The van der Waals surface area contributed by atoms with E-state index in [1.165, 1.54) is 22.3 Å². The average Bonchev–Trinajstić information content (AvgIpc) is 2.97. The fourth-order valence-corrected chi connectivity index (χ4v) is 2.99. The third kappa shape index (κ3) is 5.58. The summed E-state index contributed by atoms with van der Waals surface area (Å²) in [7, 11) is 0. The van der Waals surface area contributed by atoms with E-state index in [4.69, 9.17) is 0 Å². The van der Waals surface area contributed by atoms with Crippen LogP contribution in [-0.4, -0.2) is 12.3 Å². The quantitative estimate of drug-likeness (QED) is 0.339. The van der Waals surface area contributed by atoms with E-state index >= 15 is 0 Å². The normalized spacial score (nSPS) is 13.5. The largest absolute Gasteiger partial charge is 0.419 e. The van der Waals surface area contributed by atoms with Crippen LogP contribution in [0.4, 0.5) is 17.6 Å². The fourth-order valence-electron chi connectivity index (χ4n) is 2.99. The lowest BCUT2D eigenvalue weighted by Crippen LogP contribution is -2.23. The van der Waals surface area contributed by atoms with Crippen LogP contribution >= 0.6 is 0 Å². The molecule has 0 saturated heterocycles. The van der Waals surface area contributed by atoms with Crippen molar-refractivity contribution in [3.63, 3.8) is 0 Å². The highest BCUT2D eigenvalue weighted by Gasteiger charge is 2.39. The molecule has 2 aromatic carbocycles. The molecule has 3 rings (SSSR count). The van der Waals surface area contributed by atoms with Crippen molar-refractivity contribution in [2.45, 2.75) is 57.8 Å². The maximum atomic E-state index is 12.2. The summed E-state index contributed by atoms with van der Waals surface area (Å²) in [5.41, 5.74) is 5.75. The summed E-state index contributed by atoms with van der Waals surface area (Å²) >= 11 is 0. The number of benzene rings is 2. The number of halogens is 4. The smallest absolute Gasteiger partial charge is 0.237 e. The van der Waals surface area contributed by atoms with E-state index < -0.39 is 12.3 Å². The Labute approximate surface area is 146 Å². The van der Waals surface area contributed by atoms with Gasteiger partial charge in [0.25, 0.3) is 0 Å². The van der Waals surface area contributed by atoms with E-state index in [0.717, 1.165) is 19.3 Å². The van der Waals surface area contributed by atoms with Gasteiger partial charge in [-0.05, 0) is 35.1 Å². The van der Waals surface area contributed by atoms with Gasteiger partial charge in [-0.15, -0.1) is 0 Å². The molecule has 1 aliphatic rings. The Bertz CT molecular complexity index is 617. The molecule has 0 amide bonds. The molecule has 0 aromatic heterocycles. The van der Waals surface area contributed by atoms with Crippen LogP contribution in [0.25, 0.3) is 11.1 Å². The van der Waals surface area contributed by atoms with Gasteiger partial charge in [0, 0.05) is 0 Å². The molecule has 0 nitrogen and oxygen atoms in total. The lowest BCUT2D eigenvalue weighted by atomic mass is 10.1. The van der Waals surface area contributed by atoms with E-state index in [2.05, 4.69) is 48.5 Å². The summed E-state index contributed by atoms with van der Waals surface area (Å²) in [5, 5.41) is 0. The highest BCUT2D eigenvalue weighted by molar-refractivity contribution is 5.76. The summed E-state index contributed by atoms with van der Waals surface area (Å²) in [6, 6.07) is 17.3. The zero-order valence-corrected chi connectivity index (χ0v) is 14.5. The first-order valence-electron chi connectivity index (χ1n) is 8.80. The van der Waals surface area contributed by atoms with Gasteiger partial charge in [-0.2, -0.15) is 13.2 Å². The SMILES string of the molecule is CCCCCCC(F)C(F)(F)F.c1ccc2c(c1)Cc1ccccc1-2. The van der Waals surface area contributed by atoms with E-state index in [9.17, 15) is 17.6 Å². The molecule has 1 atom stereocenters. The summed E-state index contributed by atoms with van der Waals surface area (Å²) in [6.45, 7) is 1.96. The zero-order chi connectivity index (χ0) is 18.3. The Morgan fingerprint density at radius 3 is 1.84 bits per heavy atom. The average molecular weight is 352 g/mol. The van der Waals surface area contributed by atoms with Gasteiger partial charge in [0.1, 0.15) is 0 Å². The summed E-state index contributed by atoms with van der Waals surface area (Å²) in [6.07, 6.45) is -3.73. The molecule has 0 bridgehead atoms. The molecule has 4 heteroatoms. The van der Waals surface area contributed by atoms with Gasteiger partial charge in [0.15, 0.2) is 6.17 Å². The third-order valence-electron chi connectivity index (χ3n) is 4.37. The molecule has 0 radical (unpaired) electrons. The van der Waals surface area contributed by atoms with Crippen LogP contribution < -0.4 is 0 Å². The van der Waals surface area contributed by atoms with Crippen LogP contribution in [-0.2, 0) is 6.42 Å². The predicted octanol–water partition coefficient (Wildman–Crippen LogP) is 7.12. The molecule has 0 spiro atoms. The van der Waals surface area contributed by atoms with Gasteiger partial charge < -0.3 is 0 Å². The Kier molecular flexibility index (Phi) is 7.03. The summed E-state index contributed by atoms with van der Waals surface area (Å²) < 4.78 is 47.0. The lowest BCUT2D eigenvalue weighted by molar-refractivity contribution is -0.182. The number of hydrogen-bond donors (Lipinski definition) is 0. The van der Waals surface area contributed by atoms with Crippen molar-refractivity contribution in [1.29, 1.82) is 0 Å². The van der Waals surface area contributed by atoms with Crippen molar-refractivity contribution in [1.82, 2.24) is 0 Å². The molecule has 2 aromatic rings. The Balaban J connectivity index is 0.000000182. The predicted molar refractivity (Wildman–Crippen MR) is 94.4 cm³/mol. The third-order valence-corrected chi connectivity index (χ3v) is 4.37. The molecule has 0 N–H and O–H groups in total. The van der Waals surface area contributed by atoms with Crippen molar-refractivity contribution in [2.24, 2.45) is 0 Å². The Hall–Kier alpha value is -1.84. The molecular weight excluding hydrogens is 328 g/mol. The second-order valence-electron chi connectivity index (χ2n) is 6.35. The van der Waals surface area contributed by atoms with E-state index in [1.807, 2.05) is 6.92 Å². The first kappa shape index (κ1) is 19.5. The molecule has 25 heavy (non-hydrogen) atoms. The van der Waals surface area contributed by atoms with Gasteiger partial charge in [0.2, 0.25) is 0 Å².